The molecule has 8 heteroatoms. The fourth-order valence-electron chi connectivity index (χ4n) is 4.56. The number of benzene rings is 1. The van der Waals surface area contributed by atoms with E-state index in [1.165, 1.54) is 18.6 Å². The number of nitrogens with one attached hydrogen (secondary N) is 2. The summed E-state index contributed by atoms with van der Waals surface area (Å²) in [5.74, 6) is 1.74. The van der Waals surface area contributed by atoms with Gasteiger partial charge in [0.2, 0.25) is 5.91 Å². The molecule has 2 heterocycles. The zero-order chi connectivity index (χ0) is 22.1. The summed E-state index contributed by atoms with van der Waals surface area (Å²) in [6.07, 6.45) is 9.64. The number of halogens is 1. The van der Waals surface area contributed by atoms with Gasteiger partial charge in [-0.15, -0.1) is 0 Å². The maximum absolute atomic E-state index is 13.4. The summed E-state index contributed by atoms with van der Waals surface area (Å²) in [5, 5.41) is 12.2. The minimum Gasteiger partial charge on any atom is -0.367 e. The maximum Gasteiger partial charge on any atom is 0.223 e. The summed E-state index contributed by atoms with van der Waals surface area (Å²) < 4.78 is 15.1. The molecule has 2 saturated carbocycles. The van der Waals surface area contributed by atoms with Gasteiger partial charge in [0.15, 0.2) is 5.65 Å². The Morgan fingerprint density at radius 3 is 2.44 bits per heavy atom. The van der Waals surface area contributed by atoms with E-state index < -0.39 is 0 Å². The number of nitrogens with zero attached hydrogens (tertiary/aromatic N) is 4. The summed E-state index contributed by atoms with van der Waals surface area (Å²) in [7, 11) is 0. The zero-order valence-electron chi connectivity index (χ0n) is 18.4. The molecule has 2 N–H and O–H groups in total. The highest BCUT2D eigenvalue weighted by Gasteiger charge is 2.29. The van der Waals surface area contributed by atoms with Crippen LogP contribution in [0, 0.1) is 11.7 Å². The van der Waals surface area contributed by atoms with Gasteiger partial charge in [0.05, 0.1) is 17.3 Å². The average Bonchev–Trinajstić information content (AvgIpc) is 3.18. The first-order valence-electron chi connectivity index (χ1n) is 11.7. The Morgan fingerprint density at radius 1 is 1.06 bits per heavy atom. The van der Waals surface area contributed by atoms with Gasteiger partial charge in [0.25, 0.3) is 0 Å². The van der Waals surface area contributed by atoms with Crippen LogP contribution < -0.4 is 10.6 Å². The van der Waals surface area contributed by atoms with E-state index in [4.69, 9.17) is 4.98 Å². The summed E-state index contributed by atoms with van der Waals surface area (Å²) >= 11 is 0. The van der Waals surface area contributed by atoms with Crippen molar-refractivity contribution >= 4 is 22.8 Å². The fraction of sp³-hybridized carbons (Fsp3) is 0.500. The van der Waals surface area contributed by atoms with Gasteiger partial charge >= 0.3 is 0 Å². The molecule has 2 fully saturated rings. The summed E-state index contributed by atoms with van der Waals surface area (Å²) in [4.78, 5) is 21.7. The molecule has 3 aromatic rings. The van der Waals surface area contributed by atoms with Crippen LogP contribution in [-0.4, -0.2) is 37.7 Å². The Hall–Kier alpha value is -3.03. The van der Waals surface area contributed by atoms with Crippen LogP contribution in [0.1, 0.15) is 57.7 Å². The van der Waals surface area contributed by atoms with Gasteiger partial charge in [-0.1, -0.05) is 13.3 Å². The van der Waals surface area contributed by atoms with Crippen LogP contribution >= 0.6 is 0 Å². The summed E-state index contributed by atoms with van der Waals surface area (Å²) in [6.45, 7) is 2.03. The Balaban J connectivity index is 1.31. The van der Waals surface area contributed by atoms with Crippen molar-refractivity contribution in [2.24, 2.45) is 5.92 Å². The van der Waals surface area contributed by atoms with Gasteiger partial charge in [-0.25, -0.2) is 19.0 Å². The summed E-state index contributed by atoms with van der Waals surface area (Å²) in [5.41, 5.74) is 1.48. The molecule has 7 nitrogen and oxygen atoms in total. The Kier molecular flexibility index (Phi) is 5.76. The molecule has 2 aliphatic carbocycles. The molecule has 2 aliphatic rings. The highest BCUT2D eigenvalue weighted by Crippen LogP contribution is 2.29. The molecular weight excluding hydrogens is 407 g/mol. The third-order valence-corrected chi connectivity index (χ3v) is 6.75. The third kappa shape index (κ3) is 4.18. The predicted molar refractivity (Wildman–Crippen MR) is 121 cm³/mol. The molecule has 0 radical (unpaired) electrons. The largest absolute Gasteiger partial charge is 0.367 e. The standard InChI is InChI=1S/C24H29FN6O/c1-2-21-29-22(20-14-26-31(23(20)30-21)19-12-6-16(25)7-13-19)27-17-8-10-18(11-9-17)28-24(32)15-4-3-5-15/h6-7,12-15,17-18H,2-5,8-11H2,1H3,(H,28,32)(H,27,29,30). The molecule has 0 saturated heterocycles. The molecule has 0 unspecified atom stereocenters. The normalized spacial score (nSPS) is 21.3. The number of anilines is 1. The lowest BCUT2D eigenvalue weighted by Crippen LogP contribution is -2.44. The SMILES string of the molecule is CCc1nc(NC2CCC(NC(=O)C3CCC3)CC2)c2cnn(-c3ccc(F)cc3)c2n1. The number of amides is 1. The smallest absolute Gasteiger partial charge is 0.223 e. The predicted octanol–water partition coefficient (Wildman–Crippen LogP) is 4.16. The first-order valence-corrected chi connectivity index (χ1v) is 11.7. The van der Waals surface area contributed by atoms with Gasteiger partial charge in [0.1, 0.15) is 17.5 Å². The van der Waals surface area contributed by atoms with Crippen LogP contribution in [0.15, 0.2) is 30.5 Å². The Labute approximate surface area is 186 Å². The highest BCUT2D eigenvalue weighted by molar-refractivity contribution is 5.87. The molecular formula is C24H29FN6O. The van der Waals surface area contributed by atoms with Crippen LogP contribution in [-0.2, 0) is 11.2 Å². The molecule has 1 aromatic carbocycles. The van der Waals surface area contributed by atoms with Crippen LogP contribution in [0.2, 0.25) is 0 Å². The van der Waals surface area contributed by atoms with Crippen molar-refractivity contribution in [1.29, 1.82) is 0 Å². The van der Waals surface area contributed by atoms with Gasteiger partial charge in [0, 0.05) is 24.4 Å². The van der Waals surface area contributed by atoms with Crippen molar-refractivity contribution in [3.8, 4) is 5.69 Å². The minimum absolute atomic E-state index is 0.241. The van der Waals surface area contributed by atoms with E-state index in [0.717, 1.165) is 61.2 Å². The first kappa shape index (κ1) is 20.8. The summed E-state index contributed by atoms with van der Waals surface area (Å²) in [6, 6.07) is 6.81. The van der Waals surface area contributed by atoms with E-state index in [1.807, 2.05) is 6.92 Å². The first-order chi connectivity index (χ1) is 15.6. The van der Waals surface area contributed by atoms with Crippen LogP contribution in [0.25, 0.3) is 16.7 Å². The number of carbonyl (C=O) groups excluding carboxylic acids is 1. The van der Waals surface area contributed by atoms with Gasteiger partial charge < -0.3 is 10.6 Å². The number of hydrogen-bond donors (Lipinski definition) is 2. The lowest BCUT2D eigenvalue weighted by molar-refractivity contribution is -0.128. The quantitative estimate of drug-likeness (QED) is 0.606. The van der Waals surface area contributed by atoms with E-state index in [9.17, 15) is 9.18 Å². The molecule has 0 atom stereocenters. The second-order valence-electron chi connectivity index (χ2n) is 8.94. The van der Waals surface area contributed by atoms with E-state index in [-0.39, 0.29) is 23.7 Å². The van der Waals surface area contributed by atoms with Crippen molar-refractivity contribution in [2.75, 3.05) is 5.32 Å². The lowest BCUT2D eigenvalue weighted by Gasteiger charge is -2.32. The molecule has 0 aliphatic heterocycles. The van der Waals surface area contributed by atoms with Gasteiger partial charge in [-0.2, -0.15) is 5.10 Å². The monoisotopic (exact) mass is 436 g/mol. The van der Waals surface area contributed by atoms with Gasteiger partial charge in [-0.05, 0) is 62.8 Å². The molecule has 0 bridgehead atoms. The van der Waals surface area contributed by atoms with Crippen molar-refractivity contribution in [1.82, 2.24) is 25.1 Å². The molecule has 5 rings (SSSR count). The Morgan fingerprint density at radius 2 is 1.78 bits per heavy atom. The highest BCUT2D eigenvalue weighted by atomic mass is 19.1. The van der Waals surface area contributed by atoms with E-state index >= 15 is 0 Å². The van der Waals surface area contributed by atoms with Gasteiger partial charge in [-0.3, -0.25) is 4.79 Å². The van der Waals surface area contributed by atoms with Crippen LogP contribution in [0.3, 0.4) is 0 Å². The number of aryl methyl sites for hydroxylation is 1. The zero-order valence-corrected chi connectivity index (χ0v) is 18.4. The van der Waals surface area contributed by atoms with E-state index in [2.05, 4.69) is 20.7 Å². The lowest BCUT2D eigenvalue weighted by atomic mass is 9.84. The molecule has 2 aromatic heterocycles. The molecule has 168 valence electrons. The number of fused-ring (bicyclic) bond motifs is 1. The van der Waals surface area contributed by atoms with Crippen molar-refractivity contribution < 1.29 is 9.18 Å². The van der Waals surface area contributed by atoms with E-state index in [1.54, 1.807) is 23.0 Å². The molecule has 32 heavy (non-hydrogen) atoms. The average molecular weight is 437 g/mol. The van der Waals surface area contributed by atoms with Crippen molar-refractivity contribution in [3.63, 3.8) is 0 Å². The topological polar surface area (TPSA) is 84.7 Å². The number of carbonyl (C=O) groups is 1. The second-order valence-corrected chi connectivity index (χ2v) is 8.94. The van der Waals surface area contributed by atoms with Crippen molar-refractivity contribution in [3.05, 3.63) is 42.1 Å². The Bertz CT molecular complexity index is 1100. The number of hydrogen-bond acceptors (Lipinski definition) is 5. The van der Waals surface area contributed by atoms with Crippen LogP contribution in [0.4, 0.5) is 10.2 Å². The second kappa shape index (κ2) is 8.84. The third-order valence-electron chi connectivity index (χ3n) is 6.75. The molecule has 0 spiro atoms. The van der Waals surface area contributed by atoms with E-state index in [0.29, 0.717) is 18.1 Å². The fourth-order valence-corrected chi connectivity index (χ4v) is 4.56. The minimum atomic E-state index is -0.282. The maximum atomic E-state index is 13.4. The van der Waals surface area contributed by atoms with Crippen molar-refractivity contribution in [2.45, 2.75) is 70.4 Å². The van der Waals surface area contributed by atoms with Crippen LogP contribution in [0.5, 0.6) is 0 Å². The molecule has 1 amide bonds. The number of aromatic nitrogens is 4. The number of rotatable bonds is 6.